The lowest BCUT2D eigenvalue weighted by Crippen LogP contribution is -2.29. The third-order valence-corrected chi connectivity index (χ3v) is 6.65. The second-order valence-corrected chi connectivity index (χ2v) is 9.06. The van der Waals surface area contributed by atoms with Gasteiger partial charge in [-0.15, -0.1) is 11.3 Å². The molecule has 176 valence electrons. The normalized spacial score (nSPS) is 17.3. The average molecular weight is 498 g/mol. The van der Waals surface area contributed by atoms with Gasteiger partial charge in [0.1, 0.15) is 23.3 Å². The van der Waals surface area contributed by atoms with Gasteiger partial charge in [-0.2, -0.15) is 0 Å². The maximum absolute atomic E-state index is 13.3. The minimum atomic E-state index is -0.791. The number of anilines is 1. The Bertz CT molecular complexity index is 1270. The summed E-state index contributed by atoms with van der Waals surface area (Å²) in [5.74, 6) is -0.826. The molecule has 1 atom stereocenters. The lowest BCUT2D eigenvalue weighted by atomic mass is 9.99. The summed E-state index contributed by atoms with van der Waals surface area (Å²) in [6.45, 7) is 6.34. The first kappa shape index (κ1) is 23.9. The average Bonchev–Trinajstić information content (AvgIpc) is 3.42. The number of rotatable bonds is 7. The van der Waals surface area contributed by atoms with Crippen molar-refractivity contribution in [3.8, 4) is 11.5 Å². The van der Waals surface area contributed by atoms with E-state index in [4.69, 9.17) is 21.1 Å². The van der Waals surface area contributed by atoms with E-state index >= 15 is 0 Å². The van der Waals surface area contributed by atoms with Crippen LogP contribution in [-0.4, -0.2) is 30.0 Å². The fourth-order valence-corrected chi connectivity index (χ4v) is 5.11. The van der Waals surface area contributed by atoms with Crippen molar-refractivity contribution < 1.29 is 24.2 Å². The third kappa shape index (κ3) is 4.29. The molecular weight excluding hydrogens is 474 g/mol. The Morgan fingerprint density at radius 1 is 1.09 bits per heavy atom. The van der Waals surface area contributed by atoms with Gasteiger partial charge in [0, 0.05) is 21.7 Å². The number of halogens is 1. The van der Waals surface area contributed by atoms with Crippen LogP contribution in [0.2, 0.25) is 5.02 Å². The second kappa shape index (κ2) is 9.91. The Hall–Kier alpha value is -3.29. The summed E-state index contributed by atoms with van der Waals surface area (Å²) in [5, 5.41) is 13.8. The Balaban J connectivity index is 1.92. The molecule has 4 rings (SSSR count). The van der Waals surface area contributed by atoms with E-state index in [-0.39, 0.29) is 11.3 Å². The highest BCUT2D eigenvalue weighted by Gasteiger charge is 2.48. The number of aliphatic hydroxyl groups is 1. The summed E-state index contributed by atoms with van der Waals surface area (Å²) in [7, 11) is 0. The number of amides is 1. The highest BCUT2D eigenvalue weighted by atomic mass is 35.5. The van der Waals surface area contributed by atoms with Crippen molar-refractivity contribution >= 4 is 46.1 Å². The Labute approximate surface area is 207 Å². The van der Waals surface area contributed by atoms with Crippen LogP contribution in [0.1, 0.15) is 35.9 Å². The van der Waals surface area contributed by atoms with Crippen molar-refractivity contribution in [2.75, 3.05) is 18.1 Å². The molecule has 1 aromatic heterocycles. The van der Waals surface area contributed by atoms with Crippen LogP contribution in [0.3, 0.4) is 0 Å². The van der Waals surface area contributed by atoms with Crippen molar-refractivity contribution in [2.45, 2.75) is 26.8 Å². The van der Waals surface area contributed by atoms with Gasteiger partial charge >= 0.3 is 0 Å². The summed E-state index contributed by atoms with van der Waals surface area (Å²) >= 11 is 7.53. The SMILES string of the molecule is CCOc1ccc(/C(O)=C2/C(=O)C(=O)N(c3ccc(Cl)cc3C)C2c2cccs2)c(OCC)c1. The van der Waals surface area contributed by atoms with Crippen LogP contribution in [0.15, 0.2) is 59.5 Å². The van der Waals surface area contributed by atoms with Gasteiger partial charge in [-0.3, -0.25) is 14.5 Å². The maximum atomic E-state index is 13.3. The van der Waals surface area contributed by atoms with Crippen LogP contribution < -0.4 is 14.4 Å². The largest absolute Gasteiger partial charge is 0.507 e. The molecule has 2 aromatic carbocycles. The predicted molar refractivity (Wildman–Crippen MR) is 134 cm³/mol. The quantitative estimate of drug-likeness (QED) is 0.241. The van der Waals surface area contributed by atoms with Gasteiger partial charge in [-0.25, -0.2) is 0 Å². The van der Waals surface area contributed by atoms with E-state index in [0.717, 1.165) is 10.4 Å². The minimum absolute atomic E-state index is 0.00640. The first-order valence-electron chi connectivity index (χ1n) is 10.9. The topological polar surface area (TPSA) is 76.1 Å². The lowest BCUT2D eigenvalue weighted by Gasteiger charge is -2.26. The van der Waals surface area contributed by atoms with Gasteiger partial charge < -0.3 is 14.6 Å². The zero-order chi connectivity index (χ0) is 24.4. The van der Waals surface area contributed by atoms with E-state index in [1.54, 1.807) is 36.4 Å². The number of carbonyl (C=O) groups is 2. The number of hydrogen-bond donors (Lipinski definition) is 1. The summed E-state index contributed by atoms with van der Waals surface area (Å²) in [5.41, 5.74) is 1.62. The number of thiophene rings is 1. The summed E-state index contributed by atoms with van der Waals surface area (Å²) < 4.78 is 11.3. The predicted octanol–water partition coefficient (Wildman–Crippen LogP) is 6.13. The van der Waals surface area contributed by atoms with Gasteiger partial charge in [0.05, 0.1) is 24.4 Å². The molecule has 0 saturated carbocycles. The fourth-order valence-electron chi connectivity index (χ4n) is 4.06. The molecule has 0 bridgehead atoms. The summed E-state index contributed by atoms with van der Waals surface area (Å²) in [4.78, 5) is 28.8. The van der Waals surface area contributed by atoms with E-state index in [1.165, 1.54) is 16.2 Å². The van der Waals surface area contributed by atoms with Gasteiger partial charge in [0.25, 0.3) is 11.7 Å². The van der Waals surface area contributed by atoms with Crippen LogP contribution in [0.25, 0.3) is 5.76 Å². The molecule has 2 heterocycles. The van der Waals surface area contributed by atoms with E-state index in [0.29, 0.717) is 41.0 Å². The molecule has 3 aromatic rings. The van der Waals surface area contributed by atoms with Crippen LogP contribution in [-0.2, 0) is 9.59 Å². The molecule has 1 fully saturated rings. The highest BCUT2D eigenvalue weighted by molar-refractivity contribution is 7.10. The second-order valence-electron chi connectivity index (χ2n) is 7.64. The molecule has 34 heavy (non-hydrogen) atoms. The molecule has 0 radical (unpaired) electrons. The molecule has 1 aliphatic heterocycles. The van der Waals surface area contributed by atoms with Crippen LogP contribution in [0.5, 0.6) is 11.5 Å². The third-order valence-electron chi connectivity index (χ3n) is 5.49. The molecule has 0 spiro atoms. The van der Waals surface area contributed by atoms with E-state index in [1.807, 2.05) is 38.3 Å². The van der Waals surface area contributed by atoms with Crippen molar-refractivity contribution in [2.24, 2.45) is 0 Å². The van der Waals surface area contributed by atoms with Crippen LogP contribution in [0, 0.1) is 6.92 Å². The zero-order valence-corrected chi connectivity index (χ0v) is 20.6. The van der Waals surface area contributed by atoms with Crippen molar-refractivity contribution in [1.82, 2.24) is 0 Å². The maximum Gasteiger partial charge on any atom is 0.300 e. The number of nitrogens with zero attached hydrogens (tertiary/aromatic N) is 1. The molecule has 1 amide bonds. The van der Waals surface area contributed by atoms with E-state index in [2.05, 4.69) is 0 Å². The smallest absolute Gasteiger partial charge is 0.300 e. The number of carbonyl (C=O) groups excluding carboxylic acids is 2. The molecule has 1 saturated heterocycles. The number of benzene rings is 2. The first-order valence-corrected chi connectivity index (χ1v) is 12.1. The number of ketones is 1. The van der Waals surface area contributed by atoms with Crippen molar-refractivity contribution in [1.29, 1.82) is 0 Å². The molecule has 6 nitrogen and oxygen atoms in total. The van der Waals surface area contributed by atoms with E-state index < -0.39 is 17.7 Å². The molecular formula is C26H24ClNO5S. The highest BCUT2D eigenvalue weighted by Crippen LogP contribution is 2.45. The number of hydrogen-bond acceptors (Lipinski definition) is 6. The standard InChI is InChI=1S/C26H24ClNO5S/c1-4-32-17-9-10-18(20(14-17)33-5-2)24(29)22-23(21-7-6-12-34-21)28(26(31)25(22)30)19-11-8-16(27)13-15(19)3/h6-14,23,29H,4-5H2,1-3H3/b24-22-. The number of ether oxygens (including phenoxy) is 2. The molecule has 1 N–H and O–H groups in total. The van der Waals surface area contributed by atoms with Crippen LogP contribution >= 0.6 is 22.9 Å². The van der Waals surface area contributed by atoms with Gasteiger partial charge in [0.15, 0.2) is 0 Å². The van der Waals surface area contributed by atoms with Crippen LogP contribution in [0.4, 0.5) is 5.69 Å². The Kier molecular flexibility index (Phi) is 6.95. The zero-order valence-electron chi connectivity index (χ0n) is 19.0. The lowest BCUT2D eigenvalue weighted by molar-refractivity contribution is -0.132. The summed E-state index contributed by atoms with van der Waals surface area (Å²) in [6.07, 6.45) is 0. The molecule has 1 unspecified atom stereocenters. The molecule has 1 aliphatic rings. The summed E-state index contributed by atoms with van der Waals surface area (Å²) in [6, 6.07) is 13.0. The van der Waals surface area contributed by atoms with Gasteiger partial charge in [-0.05, 0) is 68.1 Å². The number of aryl methyl sites for hydroxylation is 1. The molecule has 0 aliphatic carbocycles. The Morgan fingerprint density at radius 2 is 1.85 bits per heavy atom. The monoisotopic (exact) mass is 497 g/mol. The minimum Gasteiger partial charge on any atom is -0.507 e. The number of aliphatic hydroxyl groups excluding tert-OH is 1. The van der Waals surface area contributed by atoms with Crippen molar-refractivity contribution in [3.63, 3.8) is 0 Å². The first-order chi connectivity index (χ1) is 16.4. The van der Waals surface area contributed by atoms with Gasteiger partial charge in [0.2, 0.25) is 0 Å². The van der Waals surface area contributed by atoms with Gasteiger partial charge in [-0.1, -0.05) is 17.7 Å². The fraction of sp³-hybridized carbons (Fsp3) is 0.231. The number of Topliss-reactive ketones (excluding diaryl/α,β-unsaturated/α-hetero) is 1. The van der Waals surface area contributed by atoms with E-state index in [9.17, 15) is 14.7 Å². The Morgan fingerprint density at radius 3 is 2.50 bits per heavy atom. The van der Waals surface area contributed by atoms with Crippen molar-refractivity contribution in [3.05, 3.63) is 80.5 Å². The molecule has 8 heteroatoms.